The summed E-state index contributed by atoms with van der Waals surface area (Å²) in [5, 5.41) is 0. The van der Waals surface area contributed by atoms with Crippen LogP contribution >= 0.6 is 12.1 Å². The smallest absolute Gasteiger partial charge is 0.0443 e. The van der Waals surface area contributed by atoms with E-state index in [1.54, 1.807) is 0 Å². The van der Waals surface area contributed by atoms with E-state index in [1.165, 1.54) is 19.3 Å². The molecule has 62 valence electrons. The highest BCUT2D eigenvalue weighted by molar-refractivity contribution is 7.94. The fourth-order valence-electron chi connectivity index (χ4n) is 0.886. The van der Waals surface area contributed by atoms with Crippen LogP contribution in [0, 0.1) is 5.92 Å². The molecule has 0 aliphatic rings. The Kier molecular flexibility index (Phi) is 7.59. The zero-order chi connectivity index (χ0) is 7.82. The summed E-state index contributed by atoms with van der Waals surface area (Å²) in [4.78, 5) is 0. The van der Waals surface area contributed by atoms with Crippen LogP contribution in [0.2, 0.25) is 0 Å². The molecule has 2 heteroatoms. The first-order valence-corrected chi connectivity index (χ1v) is 4.89. The molecule has 0 atom stereocenters. The van der Waals surface area contributed by atoms with Crippen molar-refractivity contribution in [2.75, 3.05) is 5.75 Å². The van der Waals surface area contributed by atoms with E-state index in [9.17, 15) is 3.89 Å². The molecule has 0 fully saturated rings. The Bertz CT molecular complexity index is 64.3. The Balaban J connectivity index is 2.77. The largest absolute Gasteiger partial charge is 0.165 e. The van der Waals surface area contributed by atoms with Gasteiger partial charge in [0.15, 0.2) is 0 Å². The fraction of sp³-hybridized carbons (Fsp3) is 1.00. The van der Waals surface area contributed by atoms with Crippen LogP contribution in [-0.4, -0.2) is 5.75 Å². The van der Waals surface area contributed by atoms with Crippen molar-refractivity contribution in [3.8, 4) is 0 Å². The summed E-state index contributed by atoms with van der Waals surface area (Å²) in [7, 11) is 0. The quantitative estimate of drug-likeness (QED) is 0.538. The topological polar surface area (TPSA) is 0 Å². The maximum absolute atomic E-state index is 11.5. The van der Waals surface area contributed by atoms with Crippen LogP contribution in [0.4, 0.5) is 3.89 Å². The molecule has 0 unspecified atom stereocenters. The number of unbranched alkanes of at least 4 members (excludes halogenated alkanes) is 2. The van der Waals surface area contributed by atoms with Crippen LogP contribution in [-0.2, 0) is 0 Å². The second kappa shape index (κ2) is 7.39. The maximum Gasteiger partial charge on any atom is 0.0443 e. The number of halogens is 1. The first-order chi connectivity index (χ1) is 4.77. The van der Waals surface area contributed by atoms with Crippen LogP contribution in [0.3, 0.4) is 0 Å². The molecule has 0 aliphatic carbocycles. The molecule has 0 heterocycles. The van der Waals surface area contributed by atoms with Crippen LogP contribution in [0.15, 0.2) is 0 Å². The van der Waals surface area contributed by atoms with Crippen molar-refractivity contribution in [2.45, 2.75) is 39.5 Å². The van der Waals surface area contributed by atoms with E-state index in [-0.39, 0.29) is 0 Å². The number of rotatable bonds is 6. The zero-order valence-electron chi connectivity index (χ0n) is 6.90. The van der Waals surface area contributed by atoms with Crippen molar-refractivity contribution >= 4 is 12.1 Å². The lowest BCUT2D eigenvalue weighted by Crippen LogP contribution is -1.87. The molecule has 0 aromatic carbocycles. The molecule has 0 aliphatic heterocycles. The number of hydrogen-bond acceptors (Lipinski definition) is 1. The molecule has 0 N–H and O–H groups in total. The summed E-state index contributed by atoms with van der Waals surface area (Å²) < 4.78 is 11.5. The van der Waals surface area contributed by atoms with Gasteiger partial charge in [0.25, 0.3) is 0 Å². The molecule has 10 heavy (non-hydrogen) atoms. The highest BCUT2D eigenvalue weighted by atomic mass is 32.2. The molecular weight excluding hydrogens is 147 g/mol. The van der Waals surface area contributed by atoms with Gasteiger partial charge in [0.1, 0.15) is 0 Å². The van der Waals surface area contributed by atoms with Gasteiger partial charge in [-0.05, 0) is 12.3 Å². The first kappa shape index (κ1) is 10.3. The van der Waals surface area contributed by atoms with E-state index >= 15 is 0 Å². The third-order valence-electron chi connectivity index (χ3n) is 1.50. The minimum absolute atomic E-state index is 0.460. The van der Waals surface area contributed by atoms with E-state index in [0.717, 1.165) is 12.3 Å². The van der Waals surface area contributed by atoms with Gasteiger partial charge in [-0.2, -0.15) is 3.89 Å². The normalized spacial score (nSPS) is 10.8. The summed E-state index contributed by atoms with van der Waals surface area (Å²) in [6, 6.07) is 0. The average Bonchev–Trinajstić information content (AvgIpc) is 1.87. The second-order valence-electron chi connectivity index (χ2n) is 3.06. The third-order valence-corrected chi connectivity index (χ3v) is 1.95. The fourth-order valence-corrected chi connectivity index (χ4v) is 1.20. The highest BCUT2D eigenvalue weighted by Gasteiger charge is 1.93. The molecule has 0 rings (SSSR count). The van der Waals surface area contributed by atoms with Gasteiger partial charge in [0.2, 0.25) is 0 Å². The van der Waals surface area contributed by atoms with Gasteiger partial charge in [0, 0.05) is 17.9 Å². The standard InChI is InChI=1S/C8H17FS/c1-8(2)6-4-3-5-7-10-9/h8H,3-7H2,1-2H3. The minimum Gasteiger partial charge on any atom is -0.165 e. The number of hydrogen-bond donors (Lipinski definition) is 0. The lowest BCUT2D eigenvalue weighted by molar-refractivity contribution is 0.535. The van der Waals surface area contributed by atoms with Gasteiger partial charge >= 0.3 is 0 Å². The third kappa shape index (κ3) is 8.28. The Morgan fingerprint density at radius 2 is 1.90 bits per heavy atom. The molecule has 0 saturated carbocycles. The van der Waals surface area contributed by atoms with E-state index in [0.29, 0.717) is 17.9 Å². The maximum atomic E-state index is 11.5. The van der Waals surface area contributed by atoms with Gasteiger partial charge in [-0.1, -0.05) is 33.1 Å². The average molecular weight is 164 g/mol. The van der Waals surface area contributed by atoms with Crippen LogP contribution in [0.1, 0.15) is 39.5 Å². The minimum atomic E-state index is 0.460. The Morgan fingerprint density at radius 3 is 2.40 bits per heavy atom. The molecule has 0 bridgehead atoms. The monoisotopic (exact) mass is 164 g/mol. The van der Waals surface area contributed by atoms with Gasteiger partial charge < -0.3 is 0 Å². The summed E-state index contributed by atoms with van der Waals surface area (Å²) in [6.07, 6.45) is 4.78. The van der Waals surface area contributed by atoms with Crippen LogP contribution in [0.25, 0.3) is 0 Å². The molecule has 0 nitrogen and oxygen atoms in total. The Hall–Kier alpha value is 0.280. The Morgan fingerprint density at radius 1 is 1.20 bits per heavy atom. The predicted octanol–water partition coefficient (Wildman–Crippen LogP) is 3.82. The highest BCUT2D eigenvalue weighted by Crippen LogP contribution is 2.11. The van der Waals surface area contributed by atoms with E-state index in [4.69, 9.17) is 0 Å². The van der Waals surface area contributed by atoms with Gasteiger partial charge in [-0.25, -0.2) is 0 Å². The van der Waals surface area contributed by atoms with Gasteiger partial charge in [-0.15, -0.1) is 0 Å². The zero-order valence-corrected chi connectivity index (χ0v) is 7.72. The van der Waals surface area contributed by atoms with Crippen LogP contribution in [0.5, 0.6) is 0 Å². The molecular formula is C8H17FS. The van der Waals surface area contributed by atoms with Crippen LogP contribution < -0.4 is 0 Å². The second-order valence-corrected chi connectivity index (χ2v) is 3.68. The molecule has 0 amide bonds. The summed E-state index contributed by atoms with van der Waals surface area (Å²) in [5.41, 5.74) is 0. The SMILES string of the molecule is CC(C)CCCCCSF. The van der Waals surface area contributed by atoms with E-state index in [1.807, 2.05) is 0 Å². The van der Waals surface area contributed by atoms with E-state index < -0.39 is 0 Å². The molecule has 0 spiro atoms. The molecule has 0 aromatic heterocycles. The van der Waals surface area contributed by atoms with Crippen molar-refractivity contribution in [3.63, 3.8) is 0 Å². The van der Waals surface area contributed by atoms with Crippen molar-refractivity contribution in [1.29, 1.82) is 0 Å². The summed E-state index contributed by atoms with van der Waals surface area (Å²) >= 11 is 0.460. The lowest BCUT2D eigenvalue weighted by Gasteiger charge is -2.01. The predicted molar refractivity (Wildman–Crippen MR) is 46.9 cm³/mol. The molecule has 0 aromatic rings. The summed E-state index contributed by atoms with van der Waals surface area (Å²) in [5.74, 6) is 1.48. The van der Waals surface area contributed by atoms with E-state index in [2.05, 4.69) is 13.8 Å². The van der Waals surface area contributed by atoms with Crippen molar-refractivity contribution in [2.24, 2.45) is 5.92 Å². The van der Waals surface area contributed by atoms with Crippen molar-refractivity contribution < 1.29 is 3.89 Å². The van der Waals surface area contributed by atoms with Gasteiger partial charge in [0.05, 0.1) is 0 Å². The van der Waals surface area contributed by atoms with Gasteiger partial charge in [-0.3, -0.25) is 0 Å². The molecule has 0 radical (unpaired) electrons. The van der Waals surface area contributed by atoms with Crippen molar-refractivity contribution in [1.82, 2.24) is 0 Å². The van der Waals surface area contributed by atoms with Crippen molar-refractivity contribution in [3.05, 3.63) is 0 Å². The first-order valence-electron chi connectivity index (χ1n) is 4.01. The summed E-state index contributed by atoms with van der Waals surface area (Å²) in [6.45, 7) is 4.45. The lowest BCUT2D eigenvalue weighted by atomic mass is 10.1. The Labute approximate surface area is 67.9 Å². The molecule has 0 saturated heterocycles.